The lowest BCUT2D eigenvalue weighted by atomic mass is 9.98. The van der Waals surface area contributed by atoms with Crippen LogP contribution in [-0.2, 0) is 21.2 Å². The van der Waals surface area contributed by atoms with Gasteiger partial charge < -0.3 is 10.1 Å². The molecule has 1 N–H and O–H groups in total. The Morgan fingerprint density at radius 1 is 1.21 bits per heavy atom. The highest BCUT2D eigenvalue weighted by Gasteiger charge is 2.33. The second-order valence-corrected chi connectivity index (χ2v) is 8.86. The molecular formula is C21H26N2O4S. The Labute approximate surface area is 166 Å². The van der Waals surface area contributed by atoms with Crippen LogP contribution in [-0.4, -0.2) is 38.8 Å². The van der Waals surface area contributed by atoms with Gasteiger partial charge in [0.15, 0.2) is 0 Å². The van der Waals surface area contributed by atoms with E-state index < -0.39 is 10.0 Å². The number of ether oxygens (including phenoxy) is 1. The summed E-state index contributed by atoms with van der Waals surface area (Å²) in [5.74, 6) is 0.0964. The summed E-state index contributed by atoms with van der Waals surface area (Å²) in [5.41, 5.74) is 1.89. The Hall–Kier alpha value is -2.38. The summed E-state index contributed by atoms with van der Waals surface area (Å²) in [5, 5.41) is 2.94. The van der Waals surface area contributed by atoms with Crippen LogP contribution in [0.1, 0.15) is 25.3 Å². The summed E-state index contributed by atoms with van der Waals surface area (Å²) in [7, 11) is -2.10. The van der Waals surface area contributed by atoms with E-state index in [4.69, 9.17) is 4.74 Å². The number of amides is 1. The van der Waals surface area contributed by atoms with E-state index in [1.807, 2.05) is 24.3 Å². The SMILES string of the molecule is CCc1cccc(NC(=O)C2CCCN(S(=O)(=O)c3ccc(OC)cc3)C2)c1. The van der Waals surface area contributed by atoms with Crippen LogP contribution < -0.4 is 10.1 Å². The number of piperidine rings is 1. The van der Waals surface area contributed by atoms with Crippen molar-refractivity contribution in [3.05, 3.63) is 54.1 Å². The van der Waals surface area contributed by atoms with Crippen LogP contribution in [0.4, 0.5) is 5.69 Å². The van der Waals surface area contributed by atoms with E-state index in [2.05, 4.69) is 12.2 Å². The molecule has 1 aliphatic heterocycles. The smallest absolute Gasteiger partial charge is 0.243 e. The average Bonchev–Trinajstić information content (AvgIpc) is 2.74. The number of carbonyl (C=O) groups is 1. The maximum atomic E-state index is 13.0. The first-order valence-electron chi connectivity index (χ1n) is 9.48. The Kier molecular flexibility index (Phi) is 6.36. The number of anilines is 1. The van der Waals surface area contributed by atoms with E-state index >= 15 is 0 Å². The van der Waals surface area contributed by atoms with Crippen LogP contribution in [0.5, 0.6) is 5.75 Å². The second-order valence-electron chi connectivity index (χ2n) is 6.92. The summed E-state index contributed by atoms with van der Waals surface area (Å²) < 4.78 is 32.4. The molecule has 1 amide bonds. The van der Waals surface area contributed by atoms with Gasteiger partial charge in [-0.05, 0) is 61.2 Å². The normalized spacial score (nSPS) is 17.9. The van der Waals surface area contributed by atoms with Crippen LogP contribution in [0.2, 0.25) is 0 Å². The van der Waals surface area contributed by atoms with Gasteiger partial charge in [0.25, 0.3) is 0 Å². The molecule has 2 aromatic carbocycles. The van der Waals surface area contributed by atoms with Gasteiger partial charge in [-0.2, -0.15) is 4.31 Å². The van der Waals surface area contributed by atoms with Crippen molar-refractivity contribution in [1.29, 1.82) is 0 Å². The Balaban J connectivity index is 1.70. The largest absolute Gasteiger partial charge is 0.497 e. The molecule has 1 heterocycles. The number of hydrogen-bond donors (Lipinski definition) is 1. The highest BCUT2D eigenvalue weighted by molar-refractivity contribution is 7.89. The maximum Gasteiger partial charge on any atom is 0.243 e. The number of benzene rings is 2. The van der Waals surface area contributed by atoms with Crippen LogP contribution in [0.3, 0.4) is 0 Å². The lowest BCUT2D eigenvalue weighted by Gasteiger charge is -2.31. The molecule has 1 aliphatic rings. The van der Waals surface area contributed by atoms with Gasteiger partial charge >= 0.3 is 0 Å². The number of hydrogen-bond acceptors (Lipinski definition) is 4. The highest BCUT2D eigenvalue weighted by Crippen LogP contribution is 2.26. The maximum absolute atomic E-state index is 13.0. The molecule has 150 valence electrons. The van der Waals surface area contributed by atoms with E-state index in [9.17, 15) is 13.2 Å². The van der Waals surface area contributed by atoms with Gasteiger partial charge in [-0.25, -0.2) is 8.42 Å². The number of methoxy groups -OCH3 is 1. The van der Waals surface area contributed by atoms with E-state index in [1.165, 1.54) is 23.5 Å². The molecule has 1 saturated heterocycles. The number of aryl methyl sites for hydroxylation is 1. The van der Waals surface area contributed by atoms with E-state index in [1.54, 1.807) is 12.1 Å². The molecule has 2 aromatic rings. The summed E-state index contributed by atoms with van der Waals surface area (Å²) in [6, 6.07) is 14.1. The molecular weight excluding hydrogens is 376 g/mol. The Morgan fingerprint density at radius 2 is 1.96 bits per heavy atom. The zero-order valence-corrected chi connectivity index (χ0v) is 17.0. The minimum atomic E-state index is -3.64. The average molecular weight is 403 g/mol. The fraction of sp³-hybridized carbons (Fsp3) is 0.381. The summed E-state index contributed by atoms with van der Waals surface area (Å²) in [6.45, 7) is 2.67. The summed E-state index contributed by atoms with van der Waals surface area (Å²) in [4.78, 5) is 12.9. The molecule has 1 fully saturated rings. The minimum absolute atomic E-state index is 0.136. The van der Waals surface area contributed by atoms with Gasteiger partial charge in [-0.1, -0.05) is 19.1 Å². The lowest BCUT2D eigenvalue weighted by molar-refractivity contribution is -0.120. The van der Waals surface area contributed by atoms with Crippen molar-refractivity contribution in [2.75, 3.05) is 25.5 Å². The van der Waals surface area contributed by atoms with Crippen LogP contribution in [0, 0.1) is 5.92 Å². The van der Waals surface area contributed by atoms with Gasteiger partial charge in [0.1, 0.15) is 5.75 Å². The van der Waals surface area contributed by atoms with Crippen molar-refractivity contribution in [3.8, 4) is 5.75 Å². The summed E-state index contributed by atoms with van der Waals surface area (Å²) in [6.07, 6.45) is 2.22. The molecule has 1 unspecified atom stereocenters. The van der Waals surface area contributed by atoms with Crippen LogP contribution in [0.25, 0.3) is 0 Å². The van der Waals surface area contributed by atoms with Crippen molar-refractivity contribution >= 4 is 21.6 Å². The van der Waals surface area contributed by atoms with Gasteiger partial charge in [0, 0.05) is 18.8 Å². The Bertz CT molecular complexity index is 926. The Morgan fingerprint density at radius 3 is 2.64 bits per heavy atom. The van der Waals surface area contributed by atoms with E-state index in [0.29, 0.717) is 25.1 Å². The standard InChI is InChI=1S/C21H26N2O4S/c1-3-16-6-4-8-18(14-16)22-21(24)17-7-5-13-23(15-17)28(25,26)20-11-9-19(27-2)10-12-20/h4,6,8-12,14,17H,3,5,7,13,15H2,1-2H3,(H,22,24). The molecule has 0 aromatic heterocycles. The molecule has 0 bridgehead atoms. The van der Waals surface area contributed by atoms with Crippen LogP contribution >= 0.6 is 0 Å². The molecule has 0 aliphatic carbocycles. The van der Waals surface area contributed by atoms with Crippen molar-refractivity contribution in [2.24, 2.45) is 5.92 Å². The topological polar surface area (TPSA) is 75.7 Å². The number of sulfonamides is 1. The molecule has 28 heavy (non-hydrogen) atoms. The number of nitrogens with zero attached hydrogens (tertiary/aromatic N) is 1. The van der Waals surface area contributed by atoms with E-state index in [-0.39, 0.29) is 23.3 Å². The molecule has 6 nitrogen and oxygen atoms in total. The first kappa shape index (κ1) is 20.4. The summed E-state index contributed by atoms with van der Waals surface area (Å²) >= 11 is 0. The molecule has 7 heteroatoms. The number of carbonyl (C=O) groups excluding carboxylic acids is 1. The predicted molar refractivity (Wildman–Crippen MR) is 109 cm³/mol. The fourth-order valence-electron chi connectivity index (χ4n) is 3.38. The first-order chi connectivity index (χ1) is 13.4. The molecule has 0 spiro atoms. The first-order valence-corrected chi connectivity index (χ1v) is 10.9. The lowest BCUT2D eigenvalue weighted by Crippen LogP contribution is -2.43. The monoisotopic (exact) mass is 402 g/mol. The van der Waals surface area contributed by atoms with Crippen molar-refractivity contribution in [1.82, 2.24) is 4.31 Å². The minimum Gasteiger partial charge on any atom is -0.497 e. The van der Waals surface area contributed by atoms with Crippen molar-refractivity contribution in [3.63, 3.8) is 0 Å². The quantitative estimate of drug-likeness (QED) is 0.804. The van der Waals surface area contributed by atoms with Gasteiger partial charge in [-0.3, -0.25) is 4.79 Å². The molecule has 1 atom stereocenters. The van der Waals surface area contributed by atoms with E-state index in [0.717, 1.165) is 17.7 Å². The van der Waals surface area contributed by atoms with Gasteiger partial charge in [-0.15, -0.1) is 0 Å². The third-order valence-electron chi connectivity index (χ3n) is 5.05. The third-order valence-corrected chi connectivity index (χ3v) is 6.93. The highest BCUT2D eigenvalue weighted by atomic mass is 32.2. The zero-order chi connectivity index (χ0) is 20.1. The predicted octanol–water partition coefficient (Wildman–Crippen LogP) is 3.30. The molecule has 3 rings (SSSR count). The second kappa shape index (κ2) is 8.75. The molecule has 0 saturated carbocycles. The van der Waals surface area contributed by atoms with Crippen molar-refractivity contribution in [2.45, 2.75) is 31.1 Å². The van der Waals surface area contributed by atoms with Gasteiger partial charge in [0.2, 0.25) is 15.9 Å². The van der Waals surface area contributed by atoms with Crippen LogP contribution in [0.15, 0.2) is 53.4 Å². The number of nitrogens with one attached hydrogen (secondary N) is 1. The zero-order valence-electron chi connectivity index (χ0n) is 16.2. The van der Waals surface area contributed by atoms with Gasteiger partial charge in [0.05, 0.1) is 17.9 Å². The third kappa shape index (κ3) is 4.54. The fourth-order valence-corrected chi connectivity index (χ4v) is 4.91. The van der Waals surface area contributed by atoms with Crippen molar-refractivity contribution < 1.29 is 17.9 Å². The number of rotatable bonds is 6. The molecule has 0 radical (unpaired) electrons.